The van der Waals surface area contributed by atoms with Gasteiger partial charge in [0, 0.05) is 12.3 Å². The molecule has 0 radical (unpaired) electrons. The molecule has 1 aliphatic rings. The van der Waals surface area contributed by atoms with Crippen LogP contribution in [0.1, 0.15) is 54.9 Å². The second-order valence-corrected chi connectivity index (χ2v) is 6.49. The summed E-state index contributed by atoms with van der Waals surface area (Å²) in [5, 5.41) is 0. The van der Waals surface area contributed by atoms with E-state index in [1.165, 1.54) is 35.1 Å². The largest absolute Gasteiger partial charge is 0.299 e. The number of aryl methyl sites for hydroxylation is 3. The smallest absolute Gasteiger partial charge is 0.140 e. The molecule has 2 atom stereocenters. The fourth-order valence-electron chi connectivity index (χ4n) is 3.53. The van der Waals surface area contributed by atoms with Crippen LogP contribution in [0.15, 0.2) is 12.1 Å². The van der Waals surface area contributed by atoms with Gasteiger partial charge in [0.1, 0.15) is 5.78 Å². The van der Waals surface area contributed by atoms with Crippen molar-refractivity contribution in [3.63, 3.8) is 0 Å². The van der Waals surface area contributed by atoms with Gasteiger partial charge in [-0.3, -0.25) is 4.79 Å². The van der Waals surface area contributed by atoms with Gasteiger partial charge in [0.15, 0.2) is 0 Å². The average Bonchev–Trinajstić information content (AvgIpc) is 2.33. The number of Topliss-reactive ketones (excluding diaryl/α,β-unsaturated/α-hetero) is 1. The van der Waals surface area contributed by atoms with Gasteiger partial charge < -0.3 is 0 Å². The summed E-state index contributed by atoms with van der Waals surface area (Å²) in [6.07, 6.45) is 5.36. The molecule has 2 rings (SSSR count). The number of hydrogen-bond acceptors (Lipinski definition) is 1. The maximum Gasteiger partial charge on any atom is 0.140 e. The first-order chi connectivity index (χ1) is 8.97. The van der Waals surface area contributed by atoms with Crippen LogP contribution in [0.5, 0.6) is 0 Å². The van der Waals surface area contributed by atoms with Crippen LogP contribution in [0.25, 0.3) is 0 Å². The van der Waals surface area contributed by atoms with E-state index in [1.54, 1.807) is 0 Å². The molecule has 0 amide bonds. The molecule has 0 aromatic heterocycles. The van der Waals surface area contributed by atoms with Gasteiger partial charge in [-0.2, -0.15) is 0 Å². The van der Waals surface area contributed by atoms with Crippen molar-refractivity contribution < 1.29 is 4.79 Å². The molecule has 1 saturated carbocycles. The zero-order valence-corrected chi connectivity index (χ0v) is 12.8. The summed E-state index contributed by atoms with van der Waals surface area (Å²) >= 11 is 0. The molecule has 0 N–H and O–H groups in total. The molecule has 1 aromatic carbocycles. The minimum atomic E-state index is 0.309. The summed E-state index contributed by atoms with van der Waals surface area (Å²) < 4.78 is 0. The average molecular weight is 258 g/mol. The van der Waals surface area contributed by atoms with E-state index >= 15 is 0 Å². The molecule has 0 heterocycles. The third-order valence-electron chi connectivity index (χ3n) is 4.58. The van der Waals surface area contributed by atoms with Gasteiger partial charge in [-0.25, -0.2) is 0 Å². The first-order valence-electron chi connectivity index (χ1n) is 7.56. The van der Waals surface area contributed by atoms with Gasteiger partial charge >= 0.3 is 0 Å². The Morgan fingerprint density at radius 1 is 1.16 bits per heavy atom. The number of hydrogen-bond donors (Lipinski definition) is 0. The van der Waals surface area contributed by atoms with E-state index in [9.17, 15) is 4.79 Å². The highest BCUT2D eigenvalue weighted by atomic mass is 16.1. The molecule has 1 fully saturated rings. The summed E-state index contributed by atoms with van der Waals surface area (Å²) in [5.41, 5.74) is 5.09. The number of ketones is 1. The van der Waals surface area contributed by atoms with Crippen LogP contribution in [0.3, 0.4) is 0 Å². The van der Waals surface area contributed by atoms with Gasteiger partial charge in [-0.05, 0) is 56.2 Å². The summed E-state index contributed by atoms with van der Waals surface area (Å²) in [6.45, 7) is 8.66. The van der Waals surface area contributed by atoms with Crippen LogP contribution in [-0.4, -0.2) is 5.78 Å². The topological polar surface area (TPSA) is 17.1 Å². The molecule has 1 heteroatoms. The van der Waals surface area contributed by atoms with E-state index in [0.717, 1.165) is 18.8 Å². The Morgan fingerprint density at radius 3 is 2.37 bits per heavy atom. The first-order valence-corrected chi connectivity index (χ1v) is 7.56. The fourth-order valence-corrected chi connectivity index (χ4v) is 3.53. The predicted octanol–water partition coefficient (Wildman–Crippen LogP) is 4.55. The molecule has 1 nitrogen and oxygen atoms in total. The van der Waals surface area contributed by atoms with Crippen molar-refractivity contribution >= 4 is 5.78 Å². The molecule has 1 aliphatic carbocycles. The van der Waals surface area contributed by atoms with Crippen LogP contribution in [0, 0.1) is 32.6 Å². The Kier molecular flexibility index (Phi) is 4.44. The molecular weight excluding hydrogens is 232 g/mol. The fraction of sp³-hybridized carbons (Fsp3) is 0.611. The number of carbonyl (C=O) groups is 1. The van der Waals surface area contributed by atoms with E-state index in [-0.39, 0.29) is 0 Å². The maximum atomic E-state index is 12.5. The second kappa shape index (κ2) is 5.90. The lowest BCUT2D eigenvalue weighted by atomic mass is 9.78. The molecule has 2 unspecified atom stereocenters. The van der Waals surface area contributed by atoms with E-state index < -0.39 is 0 Å². The molecule has 19 heavy (non-hydrogen) atoms. The van der Waals surface area contributed by atoms with E-state index in [4.69, 9.17) is 0 Å². The van der Waals surface area contributed by atoms with Crippen molar-refractivity contribution in [3.05, 3.63) is 34.4 Å². The Morgan fingerprint density at radius 2 is 1.79 bits per heavy atom. The van der Waals surface area contributed by atoms with Crippen LogP contribution >= 0.6 is 0 Å². The third kappa shape index (κ3) is 3.46. The van der Waals surface area contributed by atoms with Crippen LogP contribution < -0.4 is 0 Å². The lowest BCUT2D eigenvalue weighted by Gasteiger charge is -2.26. The highest BCUT2D eigenvalue weighted by molar-refractivity contribution is 5.84. The Balaban J connectivity index is 2.10. The quantitative estimate of drug-likeness (QED) is 0.777. The van der Waals surface area contributed by atoms with Gasteiger partial charge in [-0.1, -0.05) is 37.5 Å². The maximum absolute atomic E-state index is 12.5. The van der Waals surface area contributed by atoms with E-state index in [1.807, 2.05) is 0 Å². The highest BCUT2D eigenvalue weighted by Gasteiger charge is 2.25. The standard InChI is InChI=1S/C18H26O/c1-12-6-5-7-16(10-12)18(19)11-17-14(3)8-13(2)9-15(17)4/h8-9,12,16H,5-7,10-11H2,1-4H3. The highest BCUT2D eigenvalue weighted by Crippen LogP contribution is 2.30. The minimum Gasteiger partial charge on any atom is -0.299 e. The lowest BCUT2D eigenvalue weighted by Crippen LogP contribution is -2.23. The summed E-state index contributed by atoms with van der Waals surface area (Å²) in [6, 6.07) is 4.39. The van der Waals surface area contributed by atoms with Crippen LogP contribution in [0.2, 0.25) is 0 Å². The van der Waals surface area contributed by atoms with Crippen molar-refractivity contribution in [3.8, 4) is 0 Å². The zero-order valence-electron chi connectivity index (χ0n) is 12.8. The van der Waals surface area contributed by atoms with Gasteiger partial charge in [0.25, 0.3) is 0 Å². The zero-order chi connectivity index (χ0) is 14.0. The van der Waals surface area contributed by atoms with Gasteiger partial charge in [0.2, 0.25) is 0 Å². The third-order valence-corrected chi connectivity index (χ3v) is 4.58. The molecule has 0 aliphatic heterocycles. The van der Waals surface area contributed by atoms with Crippen LogP contribution in [0.4, 0.5) is 0 Å². The monoisotopic (exact) mass is 258 g/mol. The van der Waals surface area contributed by atoms with Crippen molar-refractivity contribution in [2.24, 2.45) is 11.8 Å². The first kappa shape index (κ1) is 14.3. The van der Waals surface area contributed by atoms with Crippen LogP contribution in [-0.2, 0) is 11.2 Å². The van der Waals surface area contributed by atoms with E-state index in [2.05, 4.69) is 39.8 Å². The molecule has 104 valence electrons. The van der Waals surface area contributed by atoms with Crippen molar-refractivity contribution in [2.45, 2.75) is 59.8 Å². The summed E-state index contributed by atoms with van der Waals surface area (Å²) in [7, 11) is 0. The van der Waals surface area contributed by atoms with Gasteiger partial charge in [0.05, 0.1) is 0 Å². The SMILES string of the molecule is Cc1cc(C)c(CC(=O)C2CCCC(C)C2)c(C)c1. The summed E-state index contributed by atoms with van der Waals surface area (Å²) in [4.78, 5) is 12.5. The Bertz CT molecular complexity index is 450. The molecule has 1 aromatic rings. The van der Waals surface area contributed by atoms with E-state index in [0.29, 0.717) is 18.1 Å². The predicted molar refractivity (Wildman–Crippen MR) is 80.5 cm³/mol. The molecule has 0 bridgehead atoms. The van der Waals surface area contributed by atoms with Crippen molar-refractivity contribution in [2.75, 3.05) is 0 Å². The van der Waals surface area contributed by atoms with Crippen molar-refractivity contribution in [1.29, 1.82) is 0 Å². The number of carbonyl (C=O) groups excluding carboxylic acids is 1. The second-order valence-electron chi connectivity index (χ2n) is 6.49. The molecular formula is C18H26O. The number of benzene rings is 1. The Hall–Kier alpha value is -1.11. The normalized spacial score (nSPS) is 23.4. The van der Waals surface area contributed by atoms with Crippen molar-refractivity contribution in [1.82, 2.24) is 0 Å². The molecule has 0 saturated heterocycles. The Labute approximate surface area is 117 Å². The minimum absolute atomic E-state index is 0.309. The lowest BCUT2D eigenvalue weighted by molar-refractivity contribution is -0.123. The summed E-state index contributed by atoms with van der Waals surface area (Å²) in [5.74, 6) is 1.49. The number of rotatable bonds is 3. The molecule has 0 spiro atoms. The van der Waals surface area contributed by atoms with Gasteiger partial charge in [-0.15, -0.1) is 0 Å².